The van der Waals surface area contributed by atoms with E-state index in [1.807, 2.05) is 32.9 Å². The molecule has 2 aromatic rings. The van der Waals surface area contributed by atoms with Crippen molar-refractivity contribution >= 4 is 11.9 Å². The number of carboxylic acids is 1. The summed E-state index contributed by atoms with van der Waals surface area (Å²) in [5, 5.41) is 12.1. The van der Waals surface area contributed by atoms with E-state index in [9.17, 15) is 14.7 Å². The lowest BCUT2D eigenvalue weighted by Gasteiger charge is -2.17. The molecule has 1 atom stereocenters. The minimum atomic E-state index is -1.10. The average molecular weight is 341 g/mol. The average Bonchev–Trinajstić information content (AvgIpc) is 2.56. The molecular formula is C20H23NO4. The molecule has 2 rings (SSSR count). The molecule has 5 nitrogen and oxygen atoms in total. The van der Waals surface area contributed by atoms with Crippen molar-refractivity contribution in [3.8, 4) is 5.75 Å². The van der Waals surface area contributed by atoms with Crippen molar-refractivity contribution in [2.24, 2.45) is 0 Å². The third kappa shape index (κ3) is 4.59. The fraction of sp³-hybridized carbons (Fsp3) is 0.300. The predicted molar refractivity (Wildman–Crippen MR) is 95.9 cm³/mol. The summed E-state index contributed by atoms with van der Waals surface area (Å²) < 4.78 is 5.07. The normalized spacial score (nSPS) is 11.7. The molecule has 0 aliphatic rings. The van der Waals surface area contributed by atoms with E-state index in [1.54, 1.807) is 24.3 Å². The van der Waals surface area contributed by atoms with Crippen molar-refractivity contribution in [1.82, 2.24) is 5.32 Å². The van der Waals surface area contributed by atoms with Gasteiger partial charge >= 0.3 is 5.97 Å². The van der Waals surface area contributed by atoms with Crippen LogP contribution in [0, 0.1) is 20.8 Å². The number of methoxy groups -OCH3 is 1. The lowest BCUT2D eigenvalue weighted by molar-refractivity contribution is -0.141. The van der Waals surface area contributed by atoms with Crippen LogP contribution in [0.3, 0.4) is 0 Å². The first-order chi connectivity index (χ1) is 11.8. The van der Waals surface area contributed by atoms with Crippen molar-refractivity contribution < 1.29 is 19.4 Å². The second-order valence-corrected chi connectivity index (χ2v) is 6.17. The summed E-state index contributed by atoms with van der Waals surface area (Å²) in [5.41, 5.74) is 4.63. The molecule has 0 bridgehead atoms. The van der Waals surface area contributed by atoms with Crippen LogP contribution in [-0.4, -0.2) is 24.1 Å². The van der Waals surface area contributed by atoms with Crippen LogP contribution in [0.25, 0.3) is 0 Å². The van der Waals surface area contributed by atoms with Gasteiger partial charge in [0.1, 0.15) is 5.75 Å². The molecule has 0 heterocycles. The van der Waals surface area contributed by atoms with Crippen LogP contribution in [0.4, 0.5) is 0 Å². The van der Waals surface area contributed by atoms with Crippen molar-refractivity contribution in [2.75, 3.05) is 7.11 Å². The summed E-state index contributed by atoms with van der Waals surface area (Å²) in [7, 11) is 1.54. The Balaban J connectivity index is 2.17. The predicted octanol–water partition coefficient (Wildman–Crippen LogP) is 3.11. The molecule has 0 fully saturated rings. The molecule has 25 heavy (non-hydrogen) atoms. The summed E-state index contributed by atoms with van der Waals surface area (Å²) in [6.45, 7) is 5.93. The molecule has 0 saturated carbocycles. The van der Waals surface area contributed by atoms with Gasteiger partial charge in [0.25, 0.3) is 0 Å². The number of rotatable bonds is 6. The number of carbonyl (C=O) groups is 2. The Morgan fingerprint density at radius 2 is 1.64 bits per heavy atom. The molecule has 1 amide bonds. The number of amides is 1. The maximum atomic E-state index is 12.4. The number of aliphatic carboxylic acids is 1. The SMILES string of the molecule is COc1ccc(C(NC(=O)Cc2c(C)cc(C)cc2C)C(=O)O)cc1. The van der Waals surface area contributed by atoms with Crippen LogP contribution in [-0.2, 0) is 16.0 Å². The molecule has 2 N–H and O–H groups in total. The smallest absolute Gasteiger partial charge is 0.330 e. The van der Waals surface area contributed by atoms with Gasteiger partial charge in [0.2, 0.25) is 5.91 Å². The molecule has 132 valence electrons. The van der Waals surface area contributed by atoms with E-state index >= 15 is 0 Å². The van der Waals surface area contributed by atoms with Crippen LogP contribution in [0.15, 0.2) is 36.4 Å². The second kappa shape index (κ2) is 7.83. The quantitative estimate of drug-likeness (QED) is 0.846. The Morgan fingerprint density at radius 3 is 2.12 bits per heavy atom. The Hall–Kier alpha value is -2.82. The third-order valence-electron chi connectivity index (χ3n) is 4.18. The molecular weight excluding hydrogens is 318 g/mol. The highest BCUT2D eigenvalue weighted by Crippen LogP contribution is 2.20. The minimum Gasteiger partial charge on any atom is -0.497 e. The lowest BCUT2D eigenvalue weighted by atomic mass is 9.97. The topological polar surface area (TPSA) is 75.6 Å². The fourth-order valence-electron chi connectivity index (χ4n) is 2.95. The summed E-state index contributed by atoms with van der Waals surface area (Å²) in [6.07, 6.45) is 0.151. The van der Waals surface area contributed by atoms with Crippen LogP contribution in [0.1, 0.15) is 33.9 Å². The zero-order valence-corrected chi connectivity index (χ0v) is 14.9. The number of aryl methyl sites for hydroxylation is 3. The summed E-state index contributed by atoms with van der Waals surface area (Å²) >= 11 is 0. The van der Waals surface area contributed by atoms with Gasteiger partial charge in [-0.1, -0.05) is 29.8 Å². The summed E-state index contributed by atoms with van der Waals surface area (Å²) in [5.74, 6) is -0.792. The third-order valence-corrected chi connectivity index (χ3v) is 4.18. The van der Waals surface area contributed by atoms with E-state index in [1.165, 1.54) is 7.11 Å². The van der Waals surface area contributed by atoms with Crippen LogP contribution in [0.5, 0.6) is 5.75 Å². The number of nitrogens with one attached hydrogen (secondary N) is 1. The van der Waals surface area contributed by atoms with Gasteiger partial charge in [-0.2, -0.15) is 0 Å². The Kier molecular flexibility index (Phi) is 5.80. The van der Waals surface area contributed by atoms with Gasteiger partial charge in [-0.05, 0) is 55.2 Å². The van der Waals surface area contributed by atoms with Gasteiger partial charge in [0.15, 0.2) is 6.04 Å². The largest absolute Gasteiger partial charge is 0.497 e. The first-order valence-corrected chi connectivity index (χ1v) is 8.04. The zero-order chi connectivity index (χ0) is 18.6. The van der Waals surface area contributed by atoms with Gasteiger partial charge < -0.3 is 15.2 Å². The van der Waals surface area contributed by atoms with Gasteiger partial charge in [-0.3, -0.25) is 4.79 Å². The highest BCUT2D eigenvalue weighted by atomic mass is 16.5. The minimum absolute atomic E-state index is 0.151. The Labute approximate surface area is 147 Å². The van der Waals surface area contributed by atoms with E-state index in [0.717, 1.165) is 22.3 Å². The van der Waals surface area contributed by atoms with Crippen LogP contribution >= 0.6 is 0 Å². The van der Waals surface area contributed by atoms with E-state index in [0.29, 0.717) is 11.3 Å². The molecule has 1 unspecified atom stereocenters. The van der Waals surface area contributed by atoms with Gasteiger partial charge in [0.05, 0.1) is 13.5 Å². The van der Waals surface area contributed by atoms with Crippen LogP contribution < -0.4 is 10.1 Å². The van der Waals surface area contributed by atoms with Crippen LogP contribution in [0.2, 0.25) is 0 Å². The molecule has 0 aliphatic heterocycles. The number of hydrogen-bond donors (Lipinski definition) is 2. The molecule has 0 aromatic heterocycles. The molecule has 0 radical (unpaired) electrons. The van der Waals surface area contributed by atoms with Crippen molar-refractivity contribution in [2.45, 2.75) is 33.2 Å². The summed E-state index contributed by atoms with van der Waals surface area (Å²) in [6, 6.07) is 9.57. The molecule has 2 aromatic carbocycles. The Bertz CT molecular complexity index is 758. The van der Waals surface area contributed by atoms with Crippen molar-refractivity contribution in [3.63, 3.8) is 0 Å². The number of benzene rings is 2. The van der Waals surface area contributed by atoms with E-state index in [4.69, 9.17) is 4.74 Å². The molecule has 0 spiro atoms. The zero-order valence-electron chi connectivity index (χ0n) is 14.9. The number of hydrogen-bond acceptors (Lipinski definition) is 3. The lowest BCUT2D eigenvalue weighted by Crippen LogP contribution is -2.35. The molecule has 0 aliphatic carbocycles. The number of carboxylic acid groups (broad SMARTS) is 1. The first-order valence-electron chi connectivity index (χ1n) is 8.04. The molecule has 5 heteroatoms. The van der Waals surface area contributed by atoms with Crippen molar-refractivity contribution in [1.29, 1.82) is 0 Å². The van der Waals surface area contributed by atoms with Crippen molar-refractivity contribution in [3.05, 3.63) is 64.2 Å². The van der Waals surface area contributed by atoms with Gasteiger partial charge in [0, 0.05) is 0 Å². The monoisotopic (exact) mass is 341 g/mol. The fourth-order valence-corrected chi connectivity index (χ4v) is 2.95. The highest BCUT2D eigenvalue weighted by Gasteiger charge is 2.22. The number of carbonyl (C=O) groups excluding carboxylic acids is 1. The summed E-state index contributed by atoms with van der Waals surface area (Å²) in [4.78, 5) is 24.0. The van der Waals surface area contributed by atoms with E-state index < -0.39 is 12.0 Å². The van der Waals surface area contributed by atoms with E-state index in [2.05, 4.69) is 5.32 Å². The van der Waals surface area contributed by atoms with Gasteiger partial charge in [-0.25, -0.2) is 4.79 Å². The van der Waals surface area contributed by atoms with E-state index in [-0.39, 0.29) is 12.3 Å². The molecule has 0 saturated heterocycles. The second-order valence-electron chi connectivity index (χ2n) is 6.17. The first kappa shape index (κ1) is 18.5. The number of ether oxygens (including phenoxy) is 1. The maximum Gasteiger partial charge on any atom is 0.330 e. The maximum absolute atomic E-state index is 12.4. The highest BCUT2D eigenvalue weighted by molar-refractivity contribution is 5.86. The Morgan fingerprint density at radius 1 is 1.08 bits per heavy atom. The van der Waals surface area contributed by atoms with Gasteiger partial charge in [-0.15, -0.1) is 0 Å². The standard InChI is InChI=1S/C20H23NO4/c1-12-9-13(2)17(14(3)10-12)11-18(22)21-19(20(23)24)15-5-7-16(25-4)8-6-15/h5-10,19H,11H2,1-4H3,(H,21,22)(H,23,24).